The van der Waals surface area contributed by atoms with E-state index in [1.807, 2.05) is 42.1 Å². The van der Waals surface area contributed by atoms with Crippen molar-refractivity contribution in [3.8, 4) is 0 Å². The van der Waals surface area contributed by atoms with E-state index in [2.05, 4.69) is 15.4 Å². The number of fused-ring (bicyclic) bond motifs is 1. The molecule has 1 N–H and O–H groups in total. The van der Waals surface area contributed by atoms with Gasteiger partial charge in [0.2, 0.25) is 5.89 Å². The highest BCUT2D eigenvalue weighted by molar-refractivity contribution is 5.92. The number of benzene rings is 1. The summed E-state index contributed by atoms with van der Waals surface area (Å²) in [5.74, 6) is 0.293. The monoisotopic (exact) mass is 324 g/mol. The highest BCUT2D eigenvalue weighted by Crippen LogP contribution is 2.28. The molecule has 4 rings (SSSR count). The molecule has 6 heteroatoms. The Morgan fingerprint density at radius 3 is 2.88 bits per heavy atom. The molecule has 1 saturated carbocycles. The molecule has 3 aromatic rings. The summed E-state index contributed by atoms with van der Waals surface area (Å²) in [5.41, 5.74) is 1.95. The number of oxazole rings is 1. The molecule has 1 aliphatic carbocycles. The molecule has 124 valence electrons. The lowest BCUT2D eigenvalue weighted by molar-refractivity contribution is 0.0928. The fraction of sp³-hybridized carbons (Fsp3) is 0.389. The summed E-state index contributed by atoms with van der Waals surface area (Å²) in [4.78, 5) is 16.8. The molecule has 1 atom stereocenters. The summed E-state index contributed by atoms with van der Waals surface area (Å²) < 4.78 is 7.62. The average Bonchev–Trinajstić information content (AvgIpc) is 3.32. The highest BCUT2D eigenvalue weighted by atomic mass is 16.3. The average molecular weight is 324 g/mol. The van der Waals surface area contributed by atoms with E-state index >= 15 is 0 Å². The van der Waals surface area contributed by atoms with Gasteiger partial charge in [-0.2, -0.15) is 5.10 Å². The third-order valence-electron chi connectivity index (χ3n) is 4.57. The van der Waals surface area contributed by atoms with Gasteiger partial charge in [0, 0.05) is 6.20 Å². The summed E-state index contributed by atoms with van der Waals surface area (Å²) in [7, 11) is 0. The van der Waals surface area contributed by atoms with Crippen molar-refractivity contribution < 1.29 is 9.21 Å². The first kappa shape index (κ1) is 14.9. The second-order valence-electron chi connectivity index (χ2n) is 6.33. The van der Waals surface area contributed by atoms with E-state index in [0.29, 0.717) is 17.6 Å². The number of nitrogens with zero attached hydrogens (tertiary/aromatic N) is 3. The molecule has 1 aromatic carbocycles. The van der Waals surface area contributed by atoms with E-state index in [4.69, 9.17) is 4.42 Å². The lowest BCUT2D eigenvalue weighted by atomic mass is 10.3. The van der Waals surface area contributed by atoms with E-state index < -0.39 is 0 Å². The number of hydrogen-bond donors (Lipinski definition) is 1. The van der Waals surface area contributed by atoms with Crippen LogP contribution in [0.15, 0.2) is 40.9 Å². The molecule has 0 bridgehead atoms. The SMILES string of the molecule is CC(NC(=O)c1ccn(C2CCCC2)n1)c1nc2ccccc2o1. The number of para-hydroxylation sites is 2. The van der Waals surface area contributed by atoms with Crippen LogP contribution in [0, 0.1) is 0 Å². The van der Waals surface area contributed by atoms with Crippen LogP contribution in [0.25, 0.3) is 11.1 Å². The van der Waals surface area contributed by atoms with Crippen LogP contribution in [0.1, 0.15) is 61.1 Å². The van der Waals surface area contributed by atoms with Gasteiger partial charge in [0.05, 0.1) is 6.04 Å². The van der Waals surface area contributed by atoms with Crippen LogP contribution in [0.2, 0.25) is 0 Å². The Morgan fingerprint density at radius 1 is 1.29 bits per heavy atom. The van der Waals surface area contributed by atoms with Gasteiger partial charge in [-0.05, 0) is 38.0 Å². The van der Waals surface area contributed by atoms with Crippen molar-refractivity contribution in [3.05, 3.63) is 48.1 Å². The van der Waals surface area contributed by atoms with Gasteiger partial charge in [-0.15, -0.1) is 0 Å². The summed E-state index contributed by atoms with van der Waals surface area (Å²) in [6.45, 7) is 1.86. The molecular formula is C18H20N4O2. The van der Waals surface area contributed by atoms with Gasteiger partial charge < -0.3 is 9.73 Å². The number of hydrogen-bond acceptors (Lipinski definition) is 4. The number of rotatable bonds is 4. The molecule has 1 amide bonds. The molecule has 0 saturated heterocycles. The second-order valence-corrected chi connectivity index (χ2v) is 6.33. The zero-order chi connectivity index (χ0) is 16.5. The molecule has 1 fully saturated rings. The normalized spacial score (nSPS) is 16.5. The number of carbonyl (C=O) groups is 1. The van der Waals surface area contributed by atoms with Crippen molar-refractivity contribution in [2.24, 2.45) is 0 Å². The molecule has 2 heterocycles. The third-order valence-corrected chi connectivity index (χ3v) is 4.57. The minimum absolute atomic E-state index is 0.207. The third kappa shape index (κ3) is 2.79. The van der Waals surface area contributed by atoms with Crippen molar-refractivity contribution >= 4 is 17.0 Å². The van der Waals surface area contributed by atoms with Crippen molar-refractivity contribution in [3.63, 3.8) is 0 Å². The van der Waals surface area contributed by atoms with E-state index in [0.717, 1.165) is 23.9 Å². The Hall–Kier alpha value is -2.63. The maximum absolute atomic E-state index is 12.4. The van der Waals surface area contributed by atoms with Crippen molar-refractivity contribution in [2.75, 3.05) is 0 Å². The topological polar surface area (TPSA) is 73.0 Å². The van der Waals surface area contributed by atoms with E-state index in [9.17, 15) is 4.79 Å². The first-order chi connectivity index (χ1) is 11.7. The Labute approximate surface area is 139 Å². The molecule has 0 spiro atoms. The van der Waals surface area contributed by atoms with Crippen molar-refractivity contribution in [2.45, 2.75) is 44.7 Å². The number of aromatic nitrogens is 3. The van der Waals surface area contributed by atoms with Crippen LogP contribution in [-0.4, -0.2) is 20.7 Å². The molecule has 1 unspecified atom stereocenters. The van der Waals surface area contributed by atoms with Crippen LogP contribution in [0.4, 0.5) is 0 Å². The van der Waals surface area contributed by atoms with Gasteiger partial charge in [0.15, 0.2) is 5.58 Å². The van der Waals surface area contributed by atoms with E-state index in [1.54, 1.807) is 6.07 Å². The molecular weight excluding hydrogens is 304 g/mol. The largest absolute Gasteiger partial charge is 0.438 e. The molecule has 0 aliphatic heterocycles. The predicted octanol–water partition coefficient (Wildman–Crippen LogP) is 3.63. The first-order valence-corrected chi connectivity index (χ1v) is 8.42. The summed E-state index contributed by atoms with van der Waals surface area (Å²) in [6.07, 6.45) is 6.65. The second kappa shape index (κ2) is 6.11. The van der Waals surface area contributed by atoms with Crippen molar-refractivity contribution in [1.29, 1.82) is 0 Å². The van der Waals surface area contributed by atoms with Crippen LogP contribution in [0.3, 0.4) is 0 Å². The Balaban J connectivity index is 1.46. The molecule has 0 radical (unpaired) electrons. The summed E-state index contributed by atoms with van der Waals surface area (Å²) in [5, 5.41) is 7.34. The van der Waals surface area contributed by atoms with Crippen LogP contribution in [-0.2, 0) is 0 Å². The van der Waals surface area contributed by atoms with Gasteiger partial charge in [-0.3, -0.25) is 9.48 Å². The minimum atomic E-state index is -0.318. The van der Waals surface area contributed by atoms with E-state index in [1.165, 1.54) is 12.8 Å². The quantitative estimate of drug-likeness (QED) is 0.795. The highest BCUT2D eigenvalue weighted by Gasteiger charge is 2.21. The molecule has 6 nitrogen and oxygen atoms in total. The van der Waals surface area contributed by atoms with Crippen LogP contribution >= 0.6 is 0 Å². The standard InChI is InChI=1S/C18H20N4O2/c1-12(18-20-14-8-4-5-9-16(14)24-18)19-17(23)15-10-11-22(21-15)13-6-2-3-7-13/h4-5,8-13H,2-3,6-7H2,1H3,(H,19,23). The fourth-order valence-electron chi connectivity index (χ4n) is 3.24. The lowest BCUT2D eigenvalue weighted by Gasteiger charge is -2.10. The zero-order valence-electron chi connectivity index (χ0n) is 13.6. The minimum Gasteiger partial charge on any atom is -0.438 e. The predicted molar refractivity (Wildman–Crippen MR) is 89.6 cm³/mol. The molecule has 2 aromatic heterocycles. The van der Waals surface area contributed by atoms with Gasteiger partial charge in [0.25, 0.3) is 5.91 Å². The summed E-state index contributed by atoms with van der Waals surface area (Å²) in [6, 6.07) is 9.45. The molecule has 1 aliphatic rings. The fourth-order valence-corrected chi connectivity index (χ4v) is 3.24. The number of amides is 1. The zero-order valence-corrected chi connectivity index (χ0v) is 13.6. The Bertz CT molecular complexity index is 828. The maximum Gasteiger partial charge on any atom is 0.272 e. The lowest BCUT2D eigenvalue weighted by Crippen LogP contribution is -2.27. The molecule has 24 heavy (non-hydrogen) atoms. The van der Waals surface area contributed by atoms with Gasteiger partial charge in [-0.25, -0.2) is 4.98 Å². The van der Waals surface area contributed by atoms with Crippen LogP contribution in [0.5, 0.6) is 0 Å². The maximum atomic E-state index is 12.4. The number of nitrogens with one attached hydrogen (secondary N) is 1. The van der Waals surface area contributed by atoms with E-state index in [-0.39, 0.29) is 11.9 Å². The Morgan fingerprint density at radius 2 is 2.08 bits per heavy atom. The first-order valence-electron chi connectivity index (χ1n) is 8.42. The van der Waals surface area contributed by atoms with Crippen molar-refractivity contribution in [1.82, 2.24) is 20.1 Å². The van der Waals surface area contributed by atoms with Gasteiger partial charge in [-0.1, -0.05) is 25.0 Å². The van der Waals surface area contributed by atoms with Gasteiger partial charge >= 0.3 is 0 Å². The van der Waals surface area contributed by atoms with Crippen LogP contribution < -0.4 is 5.32 Å². The Kier molecular flexibility index (Phi) is 3.80. The summed E-state index contributed by atoms with van der Waals surface area (Å²) >= 11 is 0. The number of carbonyl (C=O) groups excluding carboxylic acids is 1. The smallest absolute Gasteiger partial charge is 0.272 e. The van der Waals surface area contributed by atoms with Gasteiger partial charge in [0.1, 0.15) is 17.3 Å².